The van der Waals surface area contributed by atoms with Crippen LogP contribution in [0.5, 0.6) is 17.2 Å². The highest BCUT2D eigenvalue weighted by molar-refractivity contribution is 7.94. The van der Waals surface area contributed by atoms with Crippen LogP contribution in [-0.4, -0.2) is 34.9 Å². The zero-order valence-corrected chi connectivity index (χ0v) is 16.2. The molecule has 0 bridgehead atoms. The molecule has 1 aliphatic rings. The summed E-state index contributed by atoms with van der Waals surface area (Å²) in [5.74, 6) is 0.271. The number of sulfonamides is 1. The van der Waals surface area contributed by atoms with E-state index in [1.807, 2.05) is 0 Å². The molecule has 0 aliphatic carbocycles. The summed E-state index contributed by atoms with van der Waals surface area (Å²) in [6.07, 6.45) is 2.68. The Labute approximate surface area is 160 Å². The second-order valence-corrected chi connectivity index (χ2v) is 8.09. The minimum absolute atomic E-state index is 0.0789. The quantitative estimate of drug-likeness (QED) is 0.552. The summed E-state index contributed by atoms with van der Waals surface area (Å²) in [7, 11) is -2.35. The van der Waals surface area contributed by atoms with Crippen LogP contribution in [0.2, 0.25) is 0 Å². The summed E-state index contributed by atoms with van der Waals surface area (Å²) in [4.78, 5) is 11.6. The number of nitrogens with one attached hydrogen (secondary N) is 1. The lowest BCUT2D eigenvalue weighted by atomic mass is 10.1. The minimum atomic E-state index is -3.79. The van der Waals surface area contributed by atoms with Gasteiger partial charge in [-0.1, -0.05) is 6.07 Å². The maximum Gasteiger partial charge on any atom is 0.330 e. The monoisotopic (exact) mass is 411 g/mol. The maximum atomic E-state index is 12.6. The number of anilines is 1. The van der Waals surface area contributed by atoms with E-state index < -0.39 is 16.0 Å². The lowest BCUT2D eigenvalue weighted by Crippen LogP contribution is -2.12. The third kappa shape index (κ3) is 4.01. The summed E-state index contributed by atoms with van der Waals surface area (Å²) >= 11 is 1.09. The van der Waals surface area contributed by atoms with E-state index in [0.29, 0.717) is 11.3 Å². The zero-order valence-electron chi connectivity index (χ0n) is 14.6. The molecule has 2 aromatic rings. The average Bonchev–Trinajstić information content (AvgIpc) is 3.32. The van der Waals surface area contributed by atoms with E-state index in [-0.39, 0.29) is 34.8 Å². The average molecular weight is 411 g/mol. The molecule has 0 saturated heterocycles. The number of carbonyl (C=O) groups is 1. The van der Waals surface area contributed by atoms with Gasteiger partial charge in [0.05, 0.1) is 19.4 Å². The Morgan fingerprint density at radius 3 is 2.81 bits per heavy atom. The number of hydrogen-bond acceptors (Lipinski definition) is 8. The Morgan fingerprint density at radius 2 is 2.15 bits per heavy atom. The molecule has 1 aromatic heterocycles. The van der Waals surface area contributed by atoms with Crippen molar-refractivity contribution in [2.75, 3.05) is 25.2 Å². The number of carbonyl (C=O) groups excluding carboxylic acids is 1. The van der Waals surface area contributed by atoms with Gasteiger partial charge >= 0.3 is 5.97 Å². The normalized spacial score (nSPS) is 13.0. The largest absolute Gasteiger partial charge is 0.492 e. The highest BCUT2D eigenvalue weighted by Gasteiger charge is 2.28. The molecule has 1 aliphatic heterocycles. The van der Waals surface area contributed by atoms with Crippen molar-refractivity contribution < 1.29 is 32.2 Å². The van der Waals surface area contributed by atoms with Crippen LogP contribution in [0, 0.1) is 0 Å². The highest BCUT2D eigenvalue weighted by Crippen LogP contribution is 2.49. The fourth-order valence-corrected chi connectivity index (χ4v) is 4.48. The Kier molecular flexibility index (Phi) is 5.57. The second kappa shape index (κ2) is 7.89. The number of methoxy groups -OCH3 is 1. The van der Waals surface area contributed by atoms with Crippen molar-refractivity contribution in [3.05, 3.63) is 35.2 Å². The van der Waals surface area contributed by atoms with Gasteiger partial charge in [-0.05, 0) is 30.5 Å². The number of rotatable bonds is 7. The fraction of sp³-hybridized carbons (Fsp3) is 0.235. The standard InChI is InChI=1S/C17H17NO7S2/c1-3-23-13(19)7-6-11-9-12(16-17(15(11)22-2)25-10-24-16)18-27(20,21)14-5-4-8-26-14/h4-9,18H,3,10H2,1-2H3/b7-6+. The number of fused-ring (bicyclic) bond motifs is 1. The molecule has 0 amide bonds. The Bertz CT molecular complexity index is 966. The summed E-state index contributed by atoms with van der Waals surface area (Å²) in [5, 5.41) is 1.67. The first-order valence-corrected chi connectivity index (χ1v) is 10.2. The van der Waals surface area contributed by atoms with E-state index in [1.54, 1.807) is 18.4 Å². The van der Waals surface area contributed by atoms with Crippen molar-refractivity contribution in [1.82, 2.24) is 0 Å². The SMILES string of the molecule is CCOC(=O)/C=C/c1cc(NS(=O)(=O)c2cccs2)c2c(c1OC)OCO2. The molecular formula is C17H17NO7S2. The zero-order chi connectivity index (χ0) is 19.4. The lowest BCUT2D eigenvalue weighted by Gasteiger charge is -2.14. The first-order valence-electron chi connectivity index (χ1n) is 7.88. The van der Waals surface area contributed by atoms with Gasteiger partial charge in [-0.2, -0.15) is 0 Å². The van der Waals surface area contributed by atoms with Gasteiger partial charge in [0.25, 0.3) is 10.0 Å². The molecule has 0 fully saturated rings. The van der Waals surface area contributed by atoms with Gasteiger partial charge in [0.2, 0.25) is 12.5 Å². The molecule has 2 heterocycles. The van der Waals surface area contributed by atoms with E-state index in [2.05, 4.69) is 4.72 Å². The molecule has 0 radical (unpaired) electrons. The van der Waals surface area contributed by atoms with Crippen molar-refractivity contribution in [1.29, 1.82) is 0 Å². The first kappa shape index (κ1) is 19.1. The molecular weight excluding hydrogens is 394 g/mol. The third-order valence-corrected chi connectivity index (χ3v) is 6.28. The van der Waals surface area contributed by atoms with E-state index in [4.69, 9.17) is 18.9 Å². The summed E-state index contributed by atoms with van der Waals surface area (Å²) in [6.45, 7) is 1.86. The van der Waals surface area contributed by atoms with E-state index >= 15 is 0 Å². The van der Waals surface area contributed by atoms with Gasteiger partial charge in [0.15, 0.2) is 11.5 Å². The van der Waals surface area contributed by atoms with E-state index in [0.717, 1.165) is 11.3 Å². The first-order chi connectivity index (χ1) is 13.0. The molecule has 10 heteroatoms. The molecule has 0 saturated carbocycles. The molecule has 0 unspecified atom stereocenters. The summed E-state index contributed by atoms with van der Waals surface area (Å²) in [6, 6.07) is 4.65. The highest BCUT2D eigenvalue weighted by atomic mass is 32.2. The molecule has 1 N–H and O–H groups in total. The Morgan fingerprint density at radius 1 is 1.37 bits per heavy atom. The van der Waals surface area contributed by atoms with Crippen molar-refractivity contribution in [3.8, 4) is 17.2 Å². The van der Waals surface area contributed by atoms with Crippen LogP contribution in [-0.2, 0) is 19.6 Å². The van der Waals surface area contributed by atoms with Crippen molar-refractivity contribution >= 4 is 39.1 Å². The van der Waals surface area contributed by atoms with Gasteiger partial charge in [-0.25, -0.2) is 13.2 Å². The predicted octanol–water partition coefficient (Wildman–Crippen LogP) is 2.86. The predicted molar refractivity (Wildman–Crippen MR) is 99.9 cm³/mol. The Hall–Kier alpha value is -2.72. The molecule has 0 spiro atoms. The van der Waals surface area contributed by atoms with Crippen LogP contribution in [0.4, 0.5) is 5.69 Å². The number of esters is 1. The van der Waals surface area contributed by atoms with Gasteiger partial charge in [0.1, 0.15) is 4.21 Å². The number of hydrogen-bond donors (Lipinski definition) is 1. The van der Waals surface area contributed by atoms with Crippen LogP contribution in [0.25, 0.3) is 6.08 Å². The molecule has 1 aromatic carbocycles. The van der Waals surface area contributed by atoms with Gasteiger partial charge in [-0.15, -0.1) is 11.3 Å². The van der Waals surface area contributed by atoms with Crippen LogP contribution in [0.3, 0.4) is 0 Å². The van der Waals surface area contributed by atoms with Crippen molar-refractivity contribution in [2.24, 2.45) is 0 Å². The topological polar surface area (TPSA) is 100 Å². The van der Waals surface area contributed by atoms with Crippen LogP contribution < -0.4 is 18.9 Å². The molecule has 3 rings (SSSR count). The van der Waals surface area contributed by atoms with Crippen molar-refractivity contribution in [3.63, 3.8) is 0 Å². The minimum Gasteiger partial charge on any atom is -0.492 e. The number of benzene rings is 1. The summed E-state index contributed by atoms with van der Waals surface area (Å²) < 4.78 is 48.8. The molecule has 0 atom stereocenters. The second-order valence-electron chi connectivity index (χ2n) is 5.23. The lowest BCUT2D eigenvalue weighted by molar-refractivity contribution is -0.137. The molecule has 27 heavy (non-hydrogen) atoms. The molecule has 144 valence electrons. The smallest absolute Gasteiger partial charge is 0.330 e. The summed E-state index contributed by atoms with van der Waals surface area (Å²) in [5.41, 5.74) is 0.610. The molecule has 8 nitrogen and oxygen atoms in total. The van der Waals surface area contributed by atoms with Crippen molar-refractivity contribution in [2.45, 2.75) is 11.1 Å². The maximum absolute atomic E-state index is 12.6. The third-order valence-electron chi connectivity index (χ3n) is 3.52. The van der Waals surface area contributed by atoms with Gasteiger partial charge in [-0.3, -0.25) is 4.72 Å². The number of ether oxygens (including phenoxy) is 4. The fourth-order valence-electron chi connectivity index (χ4n) is 2.43. The van der Waals surface area contributed by atoms with E-state index in [9.17, 15) is 13.2 Å². The number of thiophene rings is 1. The van der Waals surface area contributed by atoms with Gasteiger partial charge < -0.3 is 18.9 Å². The van der Waals surface area contributed by atoms with Crippen LogP contribution in [0.15, 0.2) is 33.9 Å². The van der Waals surface area contributed by atoms with E-state index in [1.165, 1.54) is 31.4 Å². The van der Waals surface area contributed by atoms with Gasteiger partial charge in [0, 0.05) is 11.6 Å². The van der Waals surface area contributed by atoms with Crippen LogP contribution in [0.1, 0.15) is 12.5 Å². The van der Waals surface area contributed by atoms with Crippen LogP contribution >= 0.6 is 11.3 Å². The Balaban J connectivity index is 2.03.